The van der Waals surface area contributed by atoms with Gasteiger partial charge in [-0.15, -0.1) is 0 Å². The van der Waals surface area contributed by atoms with Crippen LogP contribution in [0.3, 0.4) is 0 Å². The summed E-state index contributed by atoms with van der Waals surface area (Å²) in [4.78, 5) is 30.2. The van der Waals surface area contributed by atoms with Crippen molar-refractivity contribution in [3.05, 3.63) is 30.1 Å². The lowest BCUT2D eigenvalue weighted by Gasteiger charge is -2.46. The molecule has 3 aliphatic rings. The SMILES string of the molecule is CC(=O)N1C[C@@H]2C[C@@]3(C)[C@H](CCCC[C@@H]13)N2C(=O)C(C)(C)Oc1ccc(F)cc1. The molecule has 2 amide bonds. The molecule has 1 aromatic rings. The summed E-state index contributed by atoms with van der Waals surface area (Å²) in [6, 6.07) is 6.10. The van der Waals surface area contributed by atoms with E-state index in [-0.39, 0.29) is 41.2 Å². The monoisotopic (exact) mass is 402 g/mol. The van der Waals surface area contributed by atoms with Crippen molar-refractivity contribution in [2.75, 3.05) is 6.54 Å². The van der Waals surface area contributed by atoms with Gasteiger partial charge >= 0.3 is 0 Å². The first-order chi connectivity index (χ1) is 13.6. The van der Waals surface area contributed by atoms with Crippen molar-refractivity contribution >= 4 is 11.8 Å². The van der Waals surface area contributed by atoms with E-state index in [0.29, 0.717) is 12.3 Å². The summed E-state index contributed by atoms with van der Waals surface area (Å²) in [5.74, 6) is 0.188. The van der Waals surface area contributed by atoms with Crippen LogP contribution in [-0.4, -0.2) is 51.9 Å². The molecule has 5 nitrogen and oxygen atoms in total. The molecule has 2 bridgehead atoms. The number of nitrogens with zero attached hydrogens (tertiary/aromatic N) is 2. The molecule has 0 radical (unpaired) electrons. The van der Waals surface area contributed by atoms with Gasteiger partial charge in [-0.2, -0.15) is 0 Å². The van der Waals surface area contributed by atoms with Crippen molar-refractivity contribution in [3.63, 3.8) is 0 Å². The van der Waals surface area contributed by atoms with Crippen molar-refractivity contribution in [1.29, 1.82) is 0 Å². The highest BCUT2D eigenvalue weighted by Gasteiger charge is 2.61. The molecule has 4 rings (SSSR count). The van der Waals surface area contributed by atoms with Gasteiger partial charge in [-0.3, -0.25) is 9.59 Å². The molecule has 1 aromatic carbocycles. The van der Waals surface area contributed by atoms with E-state index in [9.17, 15) is 14.0 Å². The third kappa shape index (κ3) is 3.30. The molecular formula is C23H31FN2O3. The van der Waals surface area contributed by atoms with E-state index in [0.717, 1.165) is 32.1 Å². The number of ether oxygens (including phenoxy) is 1. The molecule has 2 heterocycles. The Kier molecular flexibility index (Phi) is 4.87. The summed E-state index contributed by atoms with van der Waals surface area (Å²) in [5, 5.41) is 0. The van der Waals surface area contributed by atoms with E-state index < -0.39 is 5.60 Å². The van der Waals surface area contributed by atoms with Gasteiger partial charge in [0.2, 0.25) is 5.91 Å². The van der Waals surface area contributed by atoms with Crippen molar-refractivity contribution in [1.82, 2.24) is 9.80 Å². The van der Waals surface area contributed by atoms with Crippen molar-refractivity contribution < 1.29 is 18.7 Å². The molecule has 4 atom stereocenters. The molecule has 0 aromatic heterocycles. The zero-order chi connectivity index (χ0) is 21.0. The second-order valence-corrected chi connectivity index (χ2v) is 9.63. The van der Waals surface area contributed by atoms with Crippen LogP contribution in [-0.2, 0) is 9.59 Å². The summed E-state index contributed by atoms with van der Waals surface area (Å²) in [6.07, 6.45) is 5.07. The lowest BCUT2D eigenvalue weighted by molar-refractivity contribution is -0.149. The zero-order valence-electron chi connectivity index (χ0n) is 17.8. The Hall–Kier alpha value is -2.11. The van der Waals surface area contributed by atoms with Crippen LogP contribution < -0.4 is 4.74 Å². The number of hydrogen-bond acceptors (Lipinski definition) is 3. The number of halogens is 1. The van der Waals surface area contributed by atoms with Crippen LogP contribution in [0, 0.1) is 11.2 Å². The Morgan fingerprint density at radius 1 is 1.14 bits per heavy atom. The van der Waals surface area contributed by atoms with Gasteiger partial charge < -0.3 is 14.5 Å². The number of fused-ring (bicyclic) bond motifs is 1. The normalized spacial score (nSPS) is 31.4. The first kappa shape index (κ1) is 20.2. The molecule has 1 aliphatic carbocycles. The minimum Gasteiger partial charge on any atom is -0.478 e. The Bertz CT molecular complexity index is 809. The smallest absolute Gasteiger partial charge is 0.266 e. The van der Waals surface area contributed by atoms with Gasteiger partial charge in [0, 0.05) is 31.0 Å². The molecule has 29 heavy (non-hydrogen) atoms. The van der Waals surface area contributed by atoms with Gasteiger partial charge in [-0.1, -0.05) is 19.8 Å². The van der Waals surface area contributed by atoms with Gasteiger partial charge in [-0.05, 0) is 57.4 Å². The maximum Gasteiger partial charge on any atom is 0.266 e. The molecule has 1 saturated carbocycles. The number of amides is 2. The van der Waals surface area contributed by atoms with Gasteiger partial charge in [-0.25, -0.2) is 4.39 Å². The highest BCUT2D eigenvalue weighted by Crippen LogP contribution is 2.53. The zero-order valence-corrected chi connectivity index (χ0v) is 17.8. The number of carbonyl (C=O) groups is 2. The Morgan fingerprint density at radius 2 is 1.76 bits per heavy atom. The van der Waals surface area contributed by atoms with Crippen LogP contribution in [0.1, 0.15) is 59.8 Å². The predicted octanol–water partition coefficient (Wildman–Crippen LogP) is 3.76. The first-order valence-corrected chi connectivity index (χ1v) is 10.7. The topological polar surface area (TPSA) is 49.9 Å². The lowest BCUT2D eigenvalue weighted by atomic mass is 9.71. The van der Waals surface area contributed by atoms with Crippen LogP contribution in [0.2, 0.25) is 0 Å². The van der Waals surface area contributed by atoms with Gasteiger partial charge in [0.25, 0.3) is 5.91 Å². The lowest BCUT2D eigenvalue weighted by Crippen LogP contribution is -2.55. The summed E-state index contributed by atoms with van der Waals surface area (Å²) in [5.41, 5.74) is -1.15. The van der Waals surface area contributed by atoms with Crippen LogP contribution in [0.5, 0.6) is 5.75 Å². The summed E-state index contributed by atoms with van der Waals surface area (Å²) in [6.45, 7) is 8.06. The molecule has 0 N–H and O–H groups in total. The number of carbonyl (C=O) groups excluding carboxylic acids is 2. The van der Waals surface area contributed by atoms with Crippen molar-refractivity contribution in [2.45, 2.75) is 83.5 Å². The molecule has 158 valence electrons. The third-order valence-corrected chi connectivity index (χ3v) is 7.26. The Labute approximate surface area is 172 Å². The second-order valence-electron chi connectivity index (χ2n) is 9.63. The van der Waals surface area contributed by atoms with E-state index >= 15 is 0 Å². The second kappa shape index (κ2) is 6.99. The van der Waals surface area contributed by atoms with Crippen LogP contribution in [0.4, 0.5) is 4.39 Å². The van der Waals surface area contributed by atoms with E-state index in [1.165, 1.54) is 12.1 Å². The fraction of sp³-hybridized carbons (Fsp3) is 0.652. The van der Waals surface area contributed by atoms with Gasteiger partial charge in [0.15, 0.2) is 5.60 Å². The maximum absolute atomic E-state index is 13.7. The highest BCUT2D eigenvalue weighted by atomic mass is 19.1. The Morgan fingerprint density at radius 3 is 2.38 bits per heavy atom. The number of likely N-dealkylation sites (tertiary alicyclic amines) is 2. The van der Waals surface area contributed by atoms with Crippen LogP contribution >= 0.6 is 0 Å². The maximum atomic E-state index is 13.7. The van der Waals surface area contributed by atoms with Gasteiger partial charge in [0.1, 0.15) is 11.6 Å². The predicted molar refractivity (Wildman–Crippen MR) is 108 cm³/mol. The summed E-state index contributed by atoms with van der Waals surface area (Å²) < 4.78 is 19.2. The third-order valence-electron chi connectivity index (χ3n) is 7.26. The number of benzene rings is 1. The van der Waals surface area contributed by atoms with Crippen molar-refractivity contribution in [2.24, 2.45) is 5.41 Å². The van der Waals surface area contributed by atoms with E-state index in [2.05, 4.69) is 6.92 Å². The molecule has 2 aliphatic heterocycles. The molecule has 0 unspecified atom stereocenters. The quantitative estimate of drug-likeness (QED) is 0.773. The first-order valence-electron chi connectivity index (χ1n) is 10.7. The summed E-state index contributed by atoms with van der Waals surface area (Å²) >= 11 is 0. The van der Waals surface area contributed by atoms with Crippen molar-refractivity contribution in [3.8, 4) is 5.75 Å². The number of hydrogen-bond donors (Lipinski definition) is 0. The number of piperidine rings is 1. The standard InChI is InChI=1S/C23H31FN2O3/c1-15(27)25-14-17-13-23(4)19(25)7-5-6-8-20(23)26(17)21(28)22(2,3)29-18-11-9-16(24)10-12-18/h9-12,17,19-20H,5-8,13-14H2,1-4H3/t17-,19+,20-,23+/m0/s1. The molecule has 3 fully saturated rings. The van der Waals surface area contributed by atoms with Crippen LogP contribution in [0.15, 0.2) is 24.3 Å². The Balaban J connectivity index is 1.64. The molecule has 6 heteroatoms. The fourth-order valence-electron chi connectivity index (χ4n) is 5.97. The molecule has 0 spiro atoms. The minimum atomic E-state index is -1.07. The summed E-state index contributed by atoms with van der Waals surface area (Å²) in [7, 11) is 0. The average molecular weight is 403 g/mol. The fourth-order valence-corrected chi connectivity index (χ4v) is 5.97. The van der Waals surface area contributed by atoms with E-state index in [4.69, 9.17) is 4.74 Å². The largest absolute Gasteiger partial charge is 0.478 e. The van der Waals surface area contributed by atoms with E-state index in [1.807, 2.05) is 9.80 Å². The van der Waals surface area contributed by atoms with Crippen LogP contribution in [0.25, 0.3) is 0 Å². The minimum absolute atomic E-state index is 0.0202. The highest BCUT2D eigenvalue weighted by molar-refractivity contribution is 5.86. The van der Waals surface area contributed by atoms with E-state index in [1.54, 1.807) is 32.9 Å². The van der Waals surface area contributed by atoms with Gasteiger partial charge in [0.05, 0.1) is 6.04 Å². The molecular weight excluding hydrogens is 371 g/mol. The molecule has 2 saturated heterocycles. The number of rotatable bonds is 3. The average Bonchev–Trinajstić information content (AvgIpc) is 2.76.